The van der Waals surface area contributed by atoms with Crippen LogP contribution in [0.15, 0.2) is 48.8 Å². The maximum absolute atomic E-state index is 13.1. The second kappa shape index (κ2) is 6.95. The van der Waals surface area contributed by atoms with E-state index in [-0.39, 0.29) is 5.91 Å². The summed E-state index contributed by atoms with van der Waals surface area (Å²) in [6.45, 7) is 3.84. The number of ether oxygens (including phenoxy) is 1. The molecule has 0 atom stereocenters. The highest BCUT2D eigenvalue weighted by atomic mass is 16.5. The third-order valence-electron chi connectivity index (χ3n) is 4.41. The number of rotatable bonds is 4. The number of aryl methyl sites for hydroxylation is 1. The topological polar surface area (TPSA) is 73.1 Å². The predicted molar refractivity (Wildman–Crippen MR) is 94.9 cm³/mol. The van der Waals surface area contributed by atoms with Gasteiger partial charge in [0.05, 0.1) is 18.3 Å². The molecule has 0 bridgehead atoms. The molecule has 4 rings (SSSR count). The van der Waals surface area contributed by atoms with Gasteiger partial charge in [-0.25, -0.2) is 0 Å². The number of benzene rings is 1. The average molecular weight is 349 g/mol. The fourth-order valence-corrected chi connectivity index (χ4v) is 3.09. The number of nitrogens with zero attached hydrogens (tertiary/aromatic N) is 5. The van der Waals surface area contributed by atoms with Crippen LogP contribution in [0.5, 0.6) is 11.5 Å². The van der Waals surface area contributed by atoms with Crippen molar-refractivity contribution >= 4 is 5.91 Å². The zero-order valence-corrected chi connectivity index (χ0v) is 14.5. The Morgan fingerprint density at radius 3 is 2.85 bits per heavy atom. The largest absolute Gasteiger partial charge is 0.455 e. The summed E-state index contributed by atoms with van der Waals surface area (Å²) in [6.07, 6.45) is 4.14. The zero-order valence-electron chi connectivity index (χ0n) is 14.5. The van der Waals surface area contributed by atoms with E-state index in [9.17, 15) is 4.79 Å². The molecule has 0 spiro atoms. The van der Waals surface area contributed by atoms with Crippen LogP contribution in [0.4, 0.5) is 0 Å². The van der Waals surface area contributed by atoms with Crippen LogP contribution in [0.2, 0.25) is 0 Å². The highest BCUT2D eigenvalue weighted by molar-refractivity contribution is 5.97. The minimum atomic E-state index is -0.0724. The van der Waals surface area contributed by atoms with Gasteiger partial charge >= 0.3 is 0 Å². The molecule has 7 heteroatoms. The lowest BCUT2D eigenvalue weighted by Gasteiger charge is -2.28. The first kappa shape index (κ1) is 16.3. The van der Waals surface area contributed by atoms with Crippen LogP contribution in [-0.4, -0.2) is 37.1 Å². The van der Waals surface area contributed by atoms with Crippen molar-refractivity contribution in [2.24, 2.45) is 0 Å². The normalized spacial score (nSPS) is 13.3. The van der Waals surface area contributed by atoms with Crippen molar-refractivity contribution < 1.29 is 9.53 Å². The van der Waals surface area contributed by atoms with Crippen LogP contribution >= 0.6 is 0 Å². The minimum Gasteiger partial charge on any atom is -0.455 e. The Hall–Kier alpha value is -3.22. The van der Waals surface area contributed by atoms with Crippen molar-refractivity contribution in [3.05, 3.63) is 66.0 Å². The second-order valence-corrected chi connectivity index (χ2v) is 6.05. The van der Waals surface area contributed by atoms with Crippen molar-refractivity contribution in [1.82, 2.24) is 24.6 Å². The van der Waals surface area contributed by atoms with Crippen molar-refractivity contribution in [3.8, 4) is 11.5 Å². The lowest BCUT2D eigenvalue weighted by atomic mass is 10.1. The number of carbonyl (C=O) groups excluding carboxylic acids is 1. The summed E-state index contributed by atoms with van der Waals surface area (Å²) in [5.74, 6) is 2.84. The van der Waals surface area contributed by atoms with E-state index < -0.39 is 0 Å². The van der Waals surface area contributed by atoms with E-state index >= 15 is 0 Å². The highest BCUT2D eigenvalue weighted by Crippen LogP contribution is 2.27. The summed E-state index contributed by atoms with van der Waals surface area (Å²) in [7, 11) is 0. The third kappa shape index (κ3) is 3.03. The third-order valence-corrected chi connectivity index (χ3v) is 4.41. The Bertz CT molecular complexity index is 923. The van der Waals surface area contributed by atoms with E-state index in [1.54, 1.807) is 35.5 Å². The quantitative estimate of drug-likeness (QED) is 0.724. The maximum Gasteiger partial charge on any atom is 0.258 e. The second-order valence-electron chi connectivity index (χ2n) is 6.05. The van der Waals surface area contributed by atoms with E-state index in [2.05, 4.69) is 26.7 Å². The van der Waals surface area contributed by atoms with Crippen molar-refractivity contribution in [2.45, 2.75) is 26.4 Å². The Balaban J connectivity index is 1.57. The van der Waals surface area contributed by atoms with Gasteiger partial charge in [0.2, 0.25) is 0 Å². The molecular formula is C19H19N5O2. The molecule has 132 valence electrons. The molecule has 0 N–H and O–H groups in total. The standard InChI is InChI=1S/C19H19N5O2/c1-2-17-21-22-18-13-23(10-11-24(17)18)19(25)15-7-3-4-8-16(15)26-14-6-5-9-20-12-14/h3-9,12H,2,10-11,13H2,1H3. The van der Waals surface area contributed by atoms with Gasteiger partial charge in [0.25, 0.3) is 5.91 Å². The van der Waals surface area contributed by atoms with Gasteiger partial charge in [-0.15, -0.1) is 10.2 Å². The molecule has 0 radical (unpaired) electrons. The number of pyridine rings is 1. The molecule has 1 amide bonds. The monoisotopic (exact) mass is 349 g/mol. The molecule has 7 nitrogen and oxygen atoms in total. The molecule has 0 unspecified atom stereocenters. The van der Waals surface area contributed by atoms with Gasteiger partial charge in [-0.1, -0.05) is 19.1 Å². The molecule has 2 aromatic heterocycles. The SMILES string of the molecule is CCc1nnc2n1CCN(C(=O)c1ccccc1Oc1cccnc1)C2. The maximum atomic E-state index is 13.1. The molecule has 1 aliphatic heterocycles. The molecule has 0 fully saturated rings. The van der Waals surface area contributed by atoms with Crippen molar-refractivity contribution in [1.29, 1.82) is 0 Å². The van der Waals surface area contributed by atoms with Crippen molar-refractivity contribution in [2.75, 3.05) is 6.54 Å². The average Bonchev–Trinajstić information content (AvgIpc) is 3.11. The van der Waals surface area contributed by atoms with Gasteiger partial charge in [0.15, 0.2) is 5.82 Å². The molecule has 0 saturated heterocycles. The zero-order chi connectivity index (χ0) is 17.9. The van der Waals surface area contributed by atoms with E-state index in [0.29, 0.717) is 36.7 Å². The number of para-hydroxylation sites is 1. The molecule has 1 aromatic carbocycles. The molecule has 1 aliphatic rings. The first-order chi connectivity index (χ1) is 12.8. The van der Waals surface area contributed by atoms with Gasteiger partial charge in [-0.05, 0) is 24.3 Å². The first-order valence-electron chi connectivity index (χ1n) is 8.63. The summed E-state index contributed by atoms with van der Waals surface area (Å²) < 4.78 is 7.97. The molecule has 0 saturated carbocycles. The fraction of sp³-hybridized carbons (Fsp3) is 0.263. The number of amides is 1. The summed E-state index contributed by atoms with van der Waals surface area (Å²) in [4.78, 5) is 18.9. The van der Waals surface area contributed by atoms with Crippen LogP contribution in [0.25, 0.3) is 0 Å². The summed E-state index contributed by atoms with van der Waals surface area (Å²) >= 11 is 0. The van der Waals surface area contributed by atoms with E-state index in [0.717, 1.165) is 18.1 Å². The number of hydrogen-bond donors (Lipinski definition) is 0. The summed E-state index contributed by atoms with van der Waals surface area (Å²) in [5.41, 5.74) is 0.528. The molecule has 3 heterocycles. The Morgan fingerprint density at radius 1 is 1.15 bits per heavy atom. The smallest absolute Gasteiger partial charge is 0.258 e. The number of aromatic nitrogens is 4. The minimum absolute atomic E-state index is 0.0724. The number of fused-ring (bicyclic) bond motifs is 1. The predicted octanol–water partition coefficient (Wildman–Crippen LogP) is 2.68. The van der Waals surface area contributed by atoms with Crippen LogP contribution in [0, 0.1) is 0 Å². The molecule has 3 aromatic rings. The van der Waals surface area contributed by atoms with Gasteiger partial charge in [-0.3, -0.25) is 9.78 Å². The van der Waals surface area contributed by atoms with E-state index in [1.807, 2.05) is 18.2 Å². The van der Waals surface area contributed by atoms with Gasteiger partial charge in [0.1, 0.15) is 17.3 Å². The summed E-state index contributed by atoms with van der Waals surface area (Å²) in [5, 5.41) is 8.42. The first-order valence-corrected chi connectivity index (χ1v) is 8.63. The highest BCUT2D eigenvalue weighted by Gasteiger charge is 2.26. The van der Waals surface area contributed by atoms with Gasteiger partial charge in [0, 0.05) is 25.7 Å². The number of carbonyl (C=O) groups is 1. The van der Waals surface area contributed by atoms with E-state index in [4.69, 9.17) is 4.74 Å². The lowest BCUT2D eigenvalue weighted by molar-refractivity contribution is 0.0704. The molecule has 0 aliphatic carbocycles. The molecular weight excluding hydrogens is 330 g/mol. The summed E-state index contributed by atoms with van der Waals surface area (Å²) in [6, 6.07) is 10.9. The van der Waals surface area contributed by atoms with Crippen LogP contribution < -0.4 is 4.74 Å². The van der Waals surface area contributed by atoms with Crippen LogP contribution in [0.3, 0.4) is 0 Å². The van der Waals surface area contributed by atoms with Gasteiger partial charge in [-0.2, -0.15) is 0 Å². The van der Waals surface area contributed by atoms with Crippen LogP contribution in [0.1, 0.15) is 28.9 Å². The molecule has 26 heavy (non-hydrogen) atoms. The van der Waals surface area contributed by atoms with E-state index in [1.165, 1.54) is 0 Å². The number of hydrogen-bond acceptors (Lipinski definition) is 5. The van der Waals surface area contributed by atoms with Crippen LogP contribution in [-0.2, 0) is 19.5 Å². The Morgan fingerprint density at radius 2 is 2.04 bits per heavy atom. The Labute approximate surface area is 151 Å². The Kier molecular flexibility index (Phi) is 4.35. The fourth-order valence-electron chi connectivity index (χ4n) is 3.09. The van der Waals surface area contributed by atoms with Gasteiger partial charge < -0.3 is 14.2 Å². The lowest BCUT2D eigenvalue weighted by Crippen LogP contribution is -2.38. The van der Waals surface area contributed by atoms with Crippen molar-refractivity contribution in [3.63, 3.8) is 0 Å².